The van der Waals surface area contributed by atoms with Gasteiger partial charge in [-0.05, 0) is 18.5 Å². The number of thiophene rings is 1. The predicted octanol–water partition coefficient (Wildman–Crippen LogP) is 0.778. The van der Waals surface area contributed by atoms with E-state index in [1.165, 1.54) is 11.3 Å². The zero-order chi connectivity index (χ0) is 9.68. The molecular formula is C8H9N3OS. The van der Waals surface area contributed by atoms with Crippen LogP contribution >= 0.6 is 11.3 Å². The first-order chi connectivity index (χ1) is 6.27. The van der Waals surface area contributed by atoms with E-state index in [1.807, 2.05) is 6.07 Å². The van der Waals surface area contributed by atoms with Crippen LogP contribution in [0.3, 0.4) is 0 Å². The molecule has 13 heavy (non-hydrogen) atoms. The summed E-state index contributed by atoms with van der Waals surface area (Å²) in [5, 5.41) is 16.4. The Labute approximate surface area is 80.2 Å². The average Bonchev–Trinajstić information content (AvgIpc) is 2.52. The Morgan fingerprint density at radius 1 is 1.77 bits per heavy atom. The highest BCUT2D eigenvalue weighted by Crippen LogP contribution is 2.21. The van der Waals surface area contributed by atoms with Crippen LogP contribution in [0.2, 0.25) is 0 Å². The van der Waals surface area contributed by atoms with Gasteiger partial charge >= 0.3 is 0 Å². The molecule has 1 heterocycles. The minimum Gasteiger partial charge on any atom is -0.315 e. The molecule has 68 valence electrons. The fourth-order valence-electron chi connectivity index (χ4n) is 0.825. The van der Waals surface area contributed by atoms with E-state index in [0.29, 0.717) is 10.6 Å². The molecule has 0 saturated carbocycles. The lowest BCUT2D eigenvalue weighted by Gasteiger charge is -2.01. The van der Waals surface area contributed by atoms with E-state index < -0.39 is 0 Å². The Bertz CT molecular complexity index is 339. The van der Waals surface area contributed by atoms with Gasteiger partial charge in [0.25, 0.3) is 0 Å². The second kappa shape index (κ2) is 4.60. The SMILES string of the molecule is CNCC(=O)Nc1sccc1C#N. The predicted molar refractivity (Wildman–Crippen MR) is 51.6 cm³/mol. The smallest absolute Gasteiger partial charge is 0.238 e. The lowest BCUT2D eigenvalue weighted by molar-refractivity contribution is -0.115. The third-order valence-corrected chi connectivity index (χ3v) is 2.21. The van der Waals surface area contributed by atoms with E-state index in [0.717, 1.165) is 0 Å². The van der Waals surface area contributed by atoms with Crippen molar-refractivity contribution in [2.75, 3.05) is 18.9 Å². The number of nitriles is 1. The highest BCUT2D eigenvalue weighted by atomic mass is 32.1. The second-order valence-corrected chi connectivity index (χ2v) is 3.27. The summed E-state index contributed by atoms with van der Waals surface area (Å²) >= 11 is 1.35. The first kappa shape index (κ1) is 9.71. The lowest BCUT2D eigenvalue weighted by Crippen LogP contribution is -2.24. The van der Waals surface area contributed by atoms with Crippen molar-refractivity contribution >= 4 is 22.2 Å². The maximum absolute atomic E-state index is 11.1. The number of carbonyl (C=O) groups is 1. The minimum absolute atomic E-state index is 0.138. The van der Waals surface area contributed by atoms with Crippen molar-refractivity contribution in [1.82, 2.24) is 5.32 Å². The van der Waals surface area contributed by atoms with Gasteiger partial charge in [0, 0.05) is 0 Å². The number of likely N-dealkylation sites (N-methyl/N-ethyl adjacent to an activating group) is 1. The monoisotopic (exact) mass is 195 g/mol. The summed E-state index contributed by atoms with van der Waals surface area (Å²) in [5.41, 5.74) is 0.509. The second-order valence-electron chi connectivity index (χ2n) is 2.35. The largest absolute Gasteiger partial charge is 0.315 e. The van der Waals surface area contributed by atoms with Crippen LogP contribution in [0, 0.1) is 11.3 Å². The molecular weight excluding hydrogens is 186 g/mol. The Kier molecular flexibility index (Phi) is 3.43. The Hall–Kier alpha value is -1.38. The molecule has 1 aromatic rings. The maximum atomic E-state index is 11.1. The van der Waals surface area contributed by atoms with E-state index >= 15 is 0 Å². The summed E-state index contributed by atoms with van der Waals surface area (Å²) in [6.07, 6.45) is 0. The highest BCUT2D eigenvalue weighted by Gasteiger charge is 2.06. The number of amides is 1. The standard InChI is InChI=1S/C8H9N3OS/c1-10-5-7(12)11-8-6(4-9)2-3-13-8/h2-3,10H,5H2,1H3,(H,11,12). The molecule has 2 N–H and O–H groups in total. The van der Waals surface area contributed by atoms with Crippen molar-refractivity contribution in [3.63, 3.8) is 0 Å². The summed E-state index contributed by atoms with van der Waals surface area (Å²) < 4.78 is 0. The molecule has 0 aliphatic carbocycles. The number of nitrogens with one attached hydrogen (secondary N) is 2. The van der Waals surface area contributed by atoms with Crippen molar-refractivity contribution in [1.29, 1.82) is 5.26 Å². The summed E-state index contributed by atoms with van der Waals surface area (Å²) in [7, 11) is 1.69. The molecule has 0 fully saturated rings. The van der Waals surface area contributed by atoms with Crippen molar-refractivity contribution in [2.45, 2.75) is 0 Å². The summed E-state index contributed by atoms with van der Waals surface area (Å²) in [5.74, 6) is -0.138. The van der Waals surface area contributed by atoms with Gasteiger partial charge in [-0.15, -0.1) is 11.3 Å². The quantitative estimate of drug-likeness (QED) is 0.749. The molecule has 0 unspecified atom stereocenters. The van der Waals surface area contributed by atoms with E-state index in [2.05, 4.69) is 10.6 Å². The molecule has 0 bridgehead atoms. The molecule has 1 aromatic heterocycles. The number of nitrogens with zero attached hydrogens (tertiary/aromatic N) is 1. The van der Waals surface area contributed by atoms with Gasteiger partial charge < -0.3 is 10.6 Å². The Balaban J connectivity index is 2.64. The normalized spacial score (nSPS) is 9.23. The summed E-state index contributed by atoms with van der Waals surface area (Å²) in [6, 6.07) is 3.68. The van der Waals surface area contributed by atoms with Crippen molar-refractivity contribution in [3.8, 4) is 6.07 Å². The molecule has 4 nitrogen and oxygen atoms in total. The van der Waals surface area contributed by atoms with Gasteiger partial charge in [0.1, 0.15) is 11.1 Å². The van der Waals surface area contributed by atoms with Gasteiger partial charge in [-0.1, -0.05) is 0 Å². The van der Waals surface area contributed by atoms with Crippen LogP contribution in [0.25, 0.3) is 0 Å². The van der Waals surface area contributed by atoms with Gasteiger partial charge in [0.2, 0.25) is 5.91 Å². The molecule has 5 heteroatoms. The van der Waals surface area contributed by atoms with Crippen LogP contribution in [0.1, 0.15) is 5.56 Å². The molecule has 0 atom stereocenters. The highest BCUT2D eigenvalue weighted by molar-refractivity contribution is 7.14. The van der Waals surface area contributed by atoms with Crippen LogP contribution in [0.15, 0.2) is 11.4 Å². The molecule has 0 aliphatic heterocycles. The Morgan fingerprint density at radius 3 is 3.15 bits per heavy atom. The zero-order valence-corrected chi connectivity index (χ0v) is 7.94. The zero-order valence-electron chi connectivity index (χ0n) is 7.13. The summed E-state index contributed by atoms with van der Waals surface area (Å²) in [4.78, 5) is 11.1. The molecule has 1 rings (SSSR count). The number of hydrogen-bond acceptors (Lipinski definition) is 4. The third-order valence-electron chi connectivity index (χ3n) is 1.38. The number of anilines is 1. The van der Waals surface area contributed by atoms with Crippen molar-refractivity contribution in [2.24, 2.45) is 0 Å². The van der Waals surface area contributed by atoms with Crippen molar-refractivity contribution in [3.05, 3.63) is 17.0 Å². The number of hydrogen-bond donors (Lipinski definition) is 2. The van der Waals surface area contributed by atoms with Gasteiger partial charge in [-0.2, -0.15) is 5.26 Å². The topological polar surface area (TPSA) is 64.9 Å². The molecule has 0 aromatic carbocycles. The molecule has 0 saturated heterocycles. The van der Waals surface area contributed by atoms with E-state index in [9.17, 15) is 4.79 Å². The fourth-order valence-corrected chi connectivity index (χ4v) is 1.58. The molecule has 1 amide bonds. The van der Waals surface area contributed by atoms with Gasteiger partial charge in [0.15, 0.2) is 0 Å². The van der Waals surface area contributed by atoms with Crippen LogP contribution in [-0.2, 0) is 4.79 Å². The minimum atomic E-state index is -0.138. The molecule has 0 aliphatic rings. The average molecular weight is 195 g/mol. The molecule has 0 spiro atoms. The maximum Gasteiger partial charge on any atom is 0.238 e. The molecule has 0 radical (unpaired) electrons. The number of rotatable bonds is 3. The number of carbonyl (C=O) groups excluding carboxylic acids is 1. The van der Waals surface area contributed by atoms with Gasteiger partial charge in [-0.3, -0.25) is 4.79 Å². The van der Waals surface area contributed by atoms with E-state index in [-0.39, 0.29) is 12.5 Å². The van der Waals surface area contributed by atoms with Crippen LogP contribution in [0.5, 0.6) is 0 Å². The third kappa shape index (κ3) is 2.54. The van der Waals surface area contributed by atoms with Crippen LogP contribution in [-0.4, -0.2) is 19.5 Å². The summed E-state index contributed by atoms with van der Waals surface area (Å²) in [6.45, 7) is 0.253. The fraction of sp³-hybridized carbons (Fsp3) is 0.250. The van der Waals surface area contributed by atoms with E-state index in [4.69, 9.17) is 5.26 Å². The first-order valence-electron chi connectivity index (χ1n) is 3.70. The van der Waals surface area contributed by atoms with Gasteiger partial charge in [0.05, 0.1) is 12.1 Å². The van der Waals surface area contributed by atoms with Crippen molar-refractivity contribution < 1.29 is 4.79 Å². The lowest BCUT2D eigenvalue weighted by atomic mass is 10.3. The first-order valence-corrected chi connectivity index (χ1v) is 4.58. The Morgan fingerprint density at radius 2 is 2.54 bits per heavy atom. The van der Waals surface area contributed by atoms with E-state index in [1.54, 1.807) is 18.5 Å². The van der Waals surface area contributed by atoms with Crippen LogP contribution in [0.4, 0.5) is 5.00 Å². The van der Waals surface area contributed by atoms with Gasteiger partial charge in [-0.25, -0.2) is 0 Å². The van der Waals surface area contributed by atoms with Crippen LogP contribution < -0.4 is 10.6 Å².